The first-order valence-corrected chi connectivity index (χ1v) is 13.9. The highest BCUT2D eigenvalue weighted by molar-refractivity contribution is 6.04. The number of anilines is 2. The molecule has 0 bridgehead atoms. The Morgan fingerprint density at radius 1 is 0.977 bits per heavy atom. The number of hydrogen-bond acceptors (Lipinski definition) is 6. The third-order valence-corrected chi connectivity index (χ3v) is 7.19. The van der Waals surface area contributed by atoms with Crippen LogP contribution in [0.3, 0.4) is 0 Å². The average molecular weight is 597 g/mol. The summed E-state index contributed by atoms with van der Waals surface area (Å²) in [6, 6.07) is 19.0. The van der Waals surface area contributed by atoms with Crippen LogP contribution in [0.5, 0.6) is 0 Å². The fourth-order valence-corrected chi connectivity index (χ4v) is 5.04. The van der Waals surface area contributed by atoms with E-state index in [4.69, 9.17) is 10.4 Å². The van der Waals surface area contributed by atoms with Crippen molar-refractivity contribution < 1.29 is 29.4 Å². The molecule has 12 nitrogen and oxygen atoms in total. The Kier molecular flexibility index (Phi) is 10.3. The molecule has 12 heteroatoms. The number of guanidine groups is 1. The van der Waals surface area contributed by atoms with E-state index in [0.717, 1.165) is 16.8 Å². The molecule has 0 radical (unpaired) electrons. The predicted molar refractivity (Wildman–Crippen MR) is 163 cm³/mol. The second-order valence-corrected chi connectivity index (χ2v) is 10.3. The van der Waals surface area contributed by atoms with Gasteiger partial charge in [-0.15, -0.1) is 4.99 Å². The van der Waals surface area contributed by atoms with Crippen molar-refractivity contribution in [3.05, 3.63) is 95.1 Å². The van der Waals surface area contributed by atoms with E-state index in [1.165, 1.54) is 11.8 Å². The summed E-state index contributed by atoms with van der Waals surface area (Å²) in [5.74, 6) is -2.87. The molecule has 0 fully saturated rings. The summed E-state index contributed by atoms with van der Waals surface area (Å²) >= 11 is 0. The number of para-hydroxylation sites is 1. The van der Waals surface area contributed by atoms with Gasteiger partial charge in [0.15, 0.2) is 0 Å². The highest BCUT2D eigenvalue weighted by atomic mass is 16.4. The number of aliphatic imine (C=N–C) groups is 1. The number of aliphatic carboxylic acids is 2. The fraction of sp³-hybridized carbons (Fsp3) is 0.250. The Labute approximate surface area is 254 Å². The van der Waals surface area contributed by atoms with Crippen LogP contribution in [-0.2, 0) is 38.4 Å². The molecule has 0 aliphatic carbocycles. The second-order valence-electron chi connectivity index (χ2n) is 10.3. The molecule has 3 aromatic carbocycles. The third-order valence-electron chi connectivity index (χ3n) is 7.19. The van der Waals surface area contributed by atoms with Gasteiger partial charge < -0.3 is 31.1 Å². The molecule has 0 aromatic heterocycles. The monoisotopic (exact) mass is 596 g/mol. The SMILES string of the molecule is CC(=O)N1CCc2cc(NC(=NC#N)Nc3ccccc3)ccc2C1C(=O)NC(Cc1ccc(CCC(=O)O)cc1)C(=O)O. The lowest BCUT2D eigenvalue weighted by molar-refractivity contribution is -0.144. The number of fused-ring (bicyclic) bond motifs is 1. The number of aryl methyl sites for hydroxylation is 1. The minimum absolute atomic E-state index is 0.00178. The molecule has 1 aliphatic heterocycles. The lowest BCUT2D eigenvalue weighted by Crippen LogP contribution is -2.51. The van der Waals surface area contributed by atoms with Crippen LogP contribution in [0.4, 0.5) is 11.4 Å². The minimum Gasteiger partial charge on any atom is -0.481 e. The number of carboxylic acid groups (broad SMARTS) is 2. The van der Waals surface area contributed by atoms with Gasteiger partial charge in [0, 0.05) is 37.7 Å². The first-order chi connectivity index (χ1) is 21.1. The average Bonchev–Trinajstić information content (AvgIpc) is 3.00. The Morgan fingerprint density at radius 3 is 2.30 bits per heavy atom. The van der Waals surface area contributed by atoms with Crippen molar-refractivity contribution in [3.8, 4) is 6.19 Å². The van der Waals surface area contributed by atoms with Gasteiger partial charge in [-0.3, -0.25) is 14.4 Å². The van der Waals surface area contributed by atoms with Gasteiger partial charge in [0.05, 0.1) is 0 Å². The van der Waals surface area contributed by atoms with Crippen molar-refractivity contribution in [3.63, 3.8) is 0 Å². The van der Waals surface area contributed by atoms with E-state index in [1.807, 2.05) is 36.4 Å². The van der Waals surface area contributed by atoms with Crippen molar-refractivity contribution >= 4 is 41.1 Å². The van der Waals surface area contributed by atoms with Gasteiger partial charge in [0.2, 0.25) is 24.0 Å². The lowest BCUT2D eigenvalue weighted by Gasteiger charge is -2.36. The molecule has 3 aromatic rings. The zero-order chi connectivity index (χ0) is 31.6. The van der Waals surface area contributed by atoms with Gasteiger partial charge >= 0.3 is 11.9 Å². The highest BCUT2D eigenvalue weighted by Gasteiger charge is 2.36. The number of benzene rings is 3. The Balaban J connectivity index is 1.52. The van der Waals surface area contributed by atoms with Crippen LogP contribution >= 0.6 is 0 Å². The maximum Gasteiger partial charge on any atom is 0.326 e. The van der Waals surface area contributed by atoms with Crippen LogP contribution in [0.2, 0.25) is 0 Å². The maximum absolute atomic E-state index is 13.6. The number of hydrogen-bond donors (Lipinski definition) is 5. The van der Waals surface area contributed by atoms with Crippen LogP contribution < -0.4 is 16.0 Å². The summed E-state index contributed by atoms with van der Waals surface area (Å²) in [6.07, 6.45) is 2.56. The predicted octanol–water partition coefficient (Wildman–Crippen LogP) is 3.32. The molecule has 0 saturated carbocycles. The standard InChI is InChI=1S/C32H32N6O6/c1-20(39)38-16-15-23-18-25(36-32(34-19-33)35-24-5-3-2-4-6-24)12-13-26(23)29(38)30(42)37-27(31(43)44)17-22-9-7-21(8-10-22)11-14-28(40)41/h2-10,12-13,18,27,29H,11,14-17H2,1H3,(H,37,42)(H,40,41)(H,43,44)(H2,34,35,36). The molecule has 226 valence electrons. The Bertz CT molecular complexity index is 1600. The van der Waals surface area contributed by atoms with Gasteiger partial charge in [0.25, 0.3) is 0 Å². The highest BCUT2D eigenvalue weighted by Crippen LogP contribution is 2.32. The summed E-state index contributed by atoms with van der Waals surface area (Å²) in [7, 11) is 0. The molecule has 5 N–H and O–H groups in total. The Morgan fingerprint density at radius 2 is 1.66 bits per heavy atom. The summed E-state index contributed by atoms with van der Waals surface area (Å²) in [6.45, 7) is 1.61. The van der Waals surface area contributed by atoms with E-state index in [-0.39, 0.29) is 31.3 Å². The zero-order valence-electron chi connectivity index (χ0n) is 24.0. The van der Waals surface area contributed by atoms with Crippen molar-refractivity contribution in [2.24, 2.45) is 4.99 Å². The van der Waals surface area contributed by atoms with Gasteiger partial charge in [0.1, 0.15) is 12.1 Å². The van der Waals surface area contributed by atoms with E-state index in [1.54, 1.807) is 42.6 Å². The van der Waals surface area contributed by atoms with Gasteiger partial charge in [-0.25, -0.2) is 4.79 Å². The first-order valence-electron chi connectivity index (χ1n) is 13.9. The number of carboxylic acids is 2. The summed E-state index contributed by atoms with van der Waals surface area (Å²) in [5, 5.41) is 36.7. The van der Waals surface area contributed by atoms with Crippen LogP contribution in [0.25, 0.3) is 0 Å². The van der Waals surface area contributed by atoms with Gasteiger partial charge in [-0.1, -0.05) is 48.5 Å². The summed E-state index contributed by atoms with van der Waals surface area (Å²) in [5.41, 5.74) is 4.14. The molecule has 2 atom stereocenters. The summed E-state index contributed by atoms with van der Waals surface area (Å²) < 4.78 is 0. The number of rotatable bonds is 10. The largest absolute Gasteiger partial charge is 0.481 e. The number of nitriles is 1. The molecular weight excluding hydrogens is 564 g/mol. The molecule has 1 heterocycles. The fourth-order valence-electron chi connectivity index (χ4n) is 5.04. The molecule has 1 aliphatic rings. The number of carbonyl (C=O) groups excluding carboxylic acids is 2. The summed E-state index contributed by atoms with van der Waals surface area (Å²) in [4.78, 5) is 54.4. The molecule has 44 heavy (non-hydrogen) atoms. The smallest absolute Gasteiger partial charge is 0.326 e. The molecule has 2 amide bonds. The third kappa shape index (κ3) is 8.19. The van der Waals surface area contributed by atoms with Crippen molar-refractivity contribution in [2.45, 2.75) is 44.7 Å². The maximum atomic E-state index is 13.6. The number of nitrogens with zero attached hydrogens (tertiary/aromatic N) is 3. The number of nitrogens with one attached hydrogen (secondary N) is 3. The quantitative estimate of drug-likeness (QED) is 0.133. The lowest BCUT2D eigenvalue weighted by atomic mass is 9.91. The molecule has 0 saturated heterocycles. The number of amides is 2. The molecular formula is C32H32N6O6. The first kappa shape index (κ1) is 31.2. The van der Waals surface area contributed by atoms with Crippen LogP contribution in [0.1, 0.15) is 41.6 Å². The van der Waals surface area contributed by atoms with Crippen molar-refractivity contribution in [2.75, 3.05) is 17.2 Å². The zero-order valence-corrected chi connectivity index (χ0v) is 24.0. The van der Waals surface area contributed by atoms with E-state index in [9.17, 15) is 24.3 Å². The normalized spacial score (nSPS) is 14.9. The Hall–Kier alpha value is -5.70. The van der Waals surface area contributed by atoms with Gasteiger partial charge in [-0.2, -0.15) is 5.26 Å². The second kappa shape index (κ2) is 14.5. The topological polar surface area (TPSA) is 184 Å². The van der Waals surface area contributed by atoms with E-state index < -0.39 is 29.9 Å². The molecule has 4 rings (SSSR count). The van der Waals surface area contributed by atoms with Crippen molar-refractivity contribution in [1.82, 2.24) is 10.2 Å². The van der Waals surface area contributed by atoms with Crippen LogP contribution in [0.15, 0.2) is 77.8 Å². The van der Waals surface area contributed by atoms with E-state index in [0.29, 0.717) is 29.7 Å². The number of carbonyl (C=O) groups is 4. The molecule has 0 spiro atoms. The van der Waals surface area contributed by atoms with Gasteiger partial charge in [-0.05, 0) is 59.4 Å². The van der Waals surface area contributed by atoms with E-state index >= 15 is 0 Å². The van der Waals surface area contributed by atoms with Crippen LogP contribution in [-0.4, -0.2) is 57.4 Å². The van der Waals surface area contributed by atoms with Crippen LogP contribution in [0, 0.1) is 11.5 Å². The minimum atomic E-state index is -1.26. The van der Waals surface area contributed by atoms with E-state index in [2.05, 4.69) is 20.9 Å². The van der Waals surface area contributed by atoms with Crippen molar-refractivity contribution in [1.29, 1.82) is 5.26 Å². The molecule has 2 unspecified atom stereocenters.